The van der Waals surface area contributed by atoms with Crippen molar-refractivity contribution in [3.63, 3.8) is 0 Å². The SMILES string of the molecule is COc1cccc(-c2cc(C(=O)N3CCN(Cc4ccc(C)cc4)CC3)[nH]n2)c1. The number of nitrogens with one attached hydrogen (secondary N) is 1. The number of carbonyl (C=O) groups excluding carboxylic acids is 1. The maximum atomic E-state index is 12.9. The van der Waals surface area contributed by atoms with E-state index in [1.54, 1.807) is 7.11 Å². The summed E-state index contributed by atoms with van der Waals surface area (Å²) in [6.07, 6.45) is 0. The number of aryl methyl sites for hydroxylation is 1. The second kappa shape index (κ2) is 8.49. The van der Waals surface area contributed by atoms with Crippen molar-refractivity contribution >= 4 is 5.91 Å². The van der Waals surface area contributed by atoms with Gasteiger partial charge < -0.3 is 9.64 Å². The number of hydrogen-bond acceptors (Lipinski definition) is 4. The van der Waals surface area contributed by atoms with Crippen LogP contribution in [0.5, 0.6) is 5.75 Å². The van der Waals surface area contributed by atoms with E-state index in [4.69, 9.17) is 4.74 Å². The van der Waals surface area contributed by atoms with Crippen molar-refractivity contribution in [3.05, 3.63) is 71.4 Å². The fraction of sp³-hybridized carbons (Fsp3) is 0.304. The molecule has 1 amide bonds. The number of methoxy groups -OCH3 is 1. The van der Waals surface area contributed by atoms with E-state index < -0.39 is 0 Å². The maximum absolute atomic E-state index is 12.9. The van der Waals surface area contributed by atoms with Crippen molar-refractivity contribution in [1.82, 2.24) is 20.0 Å². The minimum absolute atomic E-state index is 0.00151. The number of carbonyl (C=O) groups is 1. The van der Waals surface area contributed by atoms with Gasteiger partial charge in [0.15, 0.2) is 0 Å². The van der Waals surface area contributed by atoms with Gasteiger partial charge in [-0.1, -0.05) is 42.0 Å². The zero-order valence-corrected chi connectivity index (χ0v) is 16.9. The summed E-state index contributed by atoms with van der Waals surface area (Å²) >= 11 is 0. The van der Waals surface area contributed by atoms with Gasteiger partial charge in [-0.05, 0) is 30.7 Å². The second-order valence-corrected chi connectivity index (χ2v) is 7.45. The molecule has 150 valence electrons. The first-order valence-corrected chi connectivity index (χ1v) is 9.89. The summed E-state index contributed by atoms with van der Waals surface area (Å²) in [5.74, 6) is 0.768. The fourth-order valence-electron chi connectivity index (χ4n) is 3.59. The van der Waals surface area contributed by atoms with E-state index in [1.165, 1.54) is 11.1 Å². The molecule has 1 N–H and O–H groups in total. The normalized spacial score (nSPS) is 14.8. The van der Waals surface area contributed by atoms with Crippen molar-refractivity contribution < 1.29 is 9.53 Å². The lowest BCUT2D eigenvalue weighted by Crippen LogP contribution is -2.48. The number of rotatable bonds is 5. The van der Waals surface area contributed by atoms with Crippen molar-refractivity contribution in [1.29, 1.82) is 0 Å². The lowest BCUT2D eigenvalue weighted by Gasteiger charge is -2.34. The number of nitrogens with zero attached hydrogens (tertiary/aromatic N) is 3. The van der Waals surface area contributed by atoms with Gasteiger partial charge in [0, 0.05) is 38.3 Å². The fourth-order valence-corrected chi connectivity index (χ4v) is 3.59. The van der Waals surface area contributed by atoms with Crippen LogP contribution >= 0.6 is 0 Å². The molecule has 0 unspecified atom stereocenters. The van der Waals surface area contributed by atoms with Gasteiger partial charge in [-0.25, -0.2) is 0 Å². The molecule has 4 rings (SSSR count). The highest BCUT2D eigenvalue weighted by atomic mass is 16.5. The molecule has 0 bridgehead atoms. The van der Waals surface area contributed by atoms with Crippen LogP contribution in [0.3, 0.4) is 0 Å². The maximum Gasteiger partial charge on any atom is 0.271 e. The average molecular weight is 390 g/mol. The zero-order chi connectivity index (χ0) is 20.2. The number of aromatic nitrogens is 2. The minimum atomic E-state index is 0.00151. The van der Waals surface area contributed by atoms with Crippen LogP contribution in [0.1, 0.15) is 21.6 Å². The second-order valence-electron chi connectivity index (χ2n) is 7.45. The van der Waals surface area contributed by atoms with Crippen LogP contribution in [0, 0.1) is 6.92 Å². The van der Waals surface area contributed by atoms with Crippen LogP contribution < -0.4 is 4.74 Å². The van der Waals surface area contributed by atoms with Gasteiger partial charge in [0.25, 0.3) is 5.91 Å². The molecular weight excluding hydrogens is 364 g/mol. The standard InChI is InChI=1S/C23H26N4O2/c1-17-6-8-18(9-7-17)16-26-10-12-27(13-11-26)23(28)22-15-21(24-25-22)19-4-3-5-20(14-19)29-2/h3-9,14-15H,10-13,16H2,1-2H3,(H,24,25). The molecule has 0 spiro atoms. The molecule has 1 aromatic heterocycles. The van der Waals surface area contributed by atoms with Gasteiger partial charge in [0.2, 0.25) is 0 Å². The van der Waals surface area contributed by atoms with Crippen LogP contribution in [0.4, 0.5) is 0 Å². The number of aromatic amines is 1. The Morgan fingerprint density at radius 2 is 1.83 bits per heavy atom. The molecule has 1 saturated heterocycles. The van der Waals surface area contributed by atoms with Crippen molar-refractivity contribution in [2.75, 3.05) is 33.3 Å². The lowest BCUT2D eigenvalue weighted by molar-refractivity contribution is 0.0622. The Hall–Kier alpha value is -3.12. The number of ether oxygens (including phenoxy) is 1. The Labute approximate surface area is 171 Å². The summed E-state index contributed by atoms with van der Waals surface area (Å²) in [5.41, 5.74) is 4.77. The molecule has 29 heavy (non-hydrogen) atoms. The monoisotopic (exact) mass is 390 g/mol. The molecule has 6 heteroatoms. The number of benzene rings is 2. The Balaban J connectivity index is 1.36. The molecule has 0 radical (unpaired) electrons. The molecule has 2 heterocycles. The third kappa shape index (κ3) is 4.49. The van der Waals surface area contributed by atoms with Gasteiger partial charge in [-0.15, -0.1) is 0 Å². The third-order valence-corrected chi connectivity index (χ3v) is 5.36. The Morgan fingerprint density at radius 3 is 2.55 bits per heavy atom. The van der Waals surface area contributed by atoms with Crippen molar-refractivity contribution in [2.45, 2.75) is 13.5 Å². The highest BCUT2D eigenvalue weighted by molar-refractivity contribution is 5.93. The van der Waals surface area contributed by atoms with Crippen LogP contribution in [-0.2, 0) is 6.54 Å². The first-order chi connectivity index (χ1) is 14.1. The number of amides is 1. The summed E-state index contributed by atoms with van der Waals surface area (Å²) in [7, 11) is 1.64. The summed E-state index contributed by atoms with van der Waals surface area (Å²) in [5, 5.41) is 7.22. The molecule has 1 fully saturated rings. The molecule has 3 aromatic rings. The van der Waals surface area contributed by atoms with Gasteiger partial charge in [-0.2, -0.15) is 5.10 Å². The van der Waals surface area contributed by atoms with Gasteiger partial charge in [0.1, 0.15) is 11.4 Å². The molecule has 0 saturated carbocycles. The summed E-state index contributed by atoms with van der Waals surface area (Å²) in [6.45, 7) is 6.21. The molecule has 0 aliphatic carbocycles. The topological polar surface area (TPSA) is 61.5 Å². The van der Waals surface area contributed by atoms with Gasteiger partial charge in [-0.3, -0.25) is 14.8 Å². The molecular formula is C23H26N4O2. The predicted molar refractivity (Wildman–Crippen MR) is 113 cm³/mol. The summed E-state index contributed by atoms with van der Waals surface area (Å²) < 4.78 is 5.27. The van der Waals surface area contributed by atoms with Crippen LogP contribution in [0.25, 0.3) is 11.3 Å². The average Bonchev–Trinajstić information content (AvgIpc) is 3.26. The van der Waals surface area contributed by atoms with E-state index in [1.807, 2.05) is 35.2 Å². The van der Waals surface area contributed by atoms with E-state index in [2.05, 4.69) is 46.3 Å². The van der Waals surface area contributed by atoms with Crippen LogP contribution in [0.2, 0.25) is 0 Å². The molecule has 2 aromatic carbocycles. The van der Waals surface area contributed by atoms with E-state index in [0.29, 0.717) is 5.69 Å². The number of H-pyrrole nitrogens is 1. The largest absolute Gasteiger partial charge is 0.497 e. The smallest absolute Gasteiger partial charge is 0.271 e. The van der Waals surface area contributed by atoms with E-state index in [9.17, 15) is 4.79 Å². The van der Waals surface area contributed by atoms with Crippen molar-refractivity contribution in [3.8, 4) is 17.0 Å². The summed E-state index contributed by atoms with van der Waals surface area (Å²) in [4.78, 5) is 17.2. The predicted octanol–water partition coefficient (Wildman–Crippen LogP) is 3.35. The first kappa shape index (κ1) is 19.2. The number of hydrogen-bond donors (Lipinski definition) is 1. The van der Waals surface area contributed by atoms with Gasteiger partial charge >= 0.3 is 0 Å². The highest BCUT2D eigenvalue weighted by Crippen LogP contribution is 2.23. The Bertz CT molecular complexity index is 973. The molecule has 6 nitrogen and oxygen atoms in total. The number of piperazine rings is 1. The molecule has 0 atom stereocenters. The van der Waals surface area contributed by atoms with E-state index >= 15 is 0 Å². The van der Waals surface area contributed by atoms with E-state index in [-0.39, 0.29) is 5.91 Å². The highest BCUT2D eigenvalue weighted by Gasteiger charge is 2.23. The molecule has 1 aliphatic heterocycles. The quantitative estimate of drug-likeness (QED) is 0.726. The zero-order valence-electron chi connectivity index (χ0n) is 16.9. The summed E-state index contributed by atoms with van der Waals surface area (Å²) in [6, 6.07) is 18.1. The van der Waals surface area contributed by atoms with Crippen LogP contribution in [-0.4, -0.2) is 59.2 Å². The third-order valence-electron chi connectivity index (χ3n) is 5.36. The van der Waals surface area contributed by atoms with Gasteiger partial charge in [0.05, 0.1) is 12.8 Å². The Kier molecular flexibility index (Phi) is 5.62. The van der Waals surface area contributed by atoms with Crippen molar-refractivity contribution in [2.24, 2.45) is 0 Å². The first-order valence-electron chi connectivity index (χ1n) is 9.89. The molecule has 1 aliphatic rings. The minimum Gasteiger partial charge on any atom is -0.497 e. The lowest BCUT2D eigenvalue weighted by atomic mass is 10.1. The van der Waals surface area contributed by atoms with Crippen LogP contribution in [0.15, 0.2) is 54.6 Å². The van der Waals surface area contributed by atoms with E-state index in [0.717, 1.165) is 49.7 Å². The Morgan fingerprint density at radius 1 is 1.07 bits per heavy atom.